The lowest BCUT2D eigenvalue weighted by molar-refractivity contribution is -0.297. The van der Waals surface area contributed by atoms with Gasteiger partial charge in [-0.2, -0.15) is 0 Å². The van der Waals surface area contributed by atoms with Gasteiger partial charge in [0.15, 0.2) is 14.1 Å². The molecule has 0 aliphatic carbocycles. The van der Waals surface area contributed by atoms with Crippen molar-refractivity contribution in [1.29, 1.82) is 0 Å². The van der Waals surface area contributed by atoms with E-state index >= 15 is 0 Å². The van der Waals surface area contributed by atoms with E-state index in [1.165, 1.54) is 0 Å². The van der Waals surface area contributed by atoms with Crippen molar-refractivity contribution in [2.75, 3.05) is 6.61 Å². The first-order chi connectivity index (χ1) is 8.93. The SMILES string of the molecule is C[C@@H]1C[C@@H](CCCO[Si](C)(C)C(C)(C)C)OC(C)(C)O1. The van der Waals surface area contributed by atoms with Crippen LogP contribution in [0.3, 0.4) is 0 Å². The molecule has 1 aliphatic heterocycles. The molecule has 0 radical (unpaired) electrons. The van der Waals surface area contributed by atoms with Gasteiger partial charge in [-0.1, -0.05) is 20.8 Å². The van der Waals surface area contributed by atoms with E-state index in [-0.39, 0.29) is 6.10 Å². The molecule has 0 aromatic carbocycles. The number of hydrogen-bond donors (Lipinski definition) is 0. The van der Waals surface area contributed by atoms with E-state index in [2.05, 4.69) is 40.8 Å². The monoisotopic (exact) mass is 302 g/mol. The van der Waals surface area contributed by atoms with E-state index < -0.39 is 14.1 Å². The van der Waals surface area contributed by atoms with Crippen LogP contribution in [0.5, 0.6) is 0 Å². The van der Waals surface area contributed by atoms with Crippen molar-refractivity contribution < 1.29 is 13.9 Å². The Balaban J connectivity index is 2.31. The van der Waals surface area contributed by atoms with Gasteiger partial charge >= 0.3 is 0 Å². The minimum atomic E-state index is -1.60. The highest BCUT2D eigenvalue weighted by Crippen LogP contribution is 2.36. The van der Waals surface area contributed by atoms with Crippen LogP contribution in [-0.4, -0.2) is 32.9 Å². The molecule has 20 heavy (non-hydrogen) atoms. The third-order valence-electron chi connectivity index (χ3n) is 4.47. The Bertz CT molecular complexity index is 307. The summed E-state index contributed by atoms with van der Waals surface area (Å²) >= 11 is 0. The fraction of sp³-hybridized carbons (Fsp3) is 1.00. The van der Waals surface area contributed by atoms with Crippen LogP contribution in [0.2, 0.25) is 18.1 Å². The van der Waals surface area contributed by atoms with E-state index in [4.69, 9.17) is 13.9 Å². The maximum absolute atomic E-state index is 6.22. The summed E-state index contributed by atoms with van der Waals surface area (Å²) in [6, 6.07) is 0. The predicted octanol–water partition coefficient (Wildman–Crippen LogP) is 4.72. The maximum atomic E-state index is 6.22. The summed E-state index contributed by atoms with van der Waals surface area (Å²) in [6.45, 7) is 18.5. The van der Waals surface area contributed by atoms with Crippen LogP contribution in [0.15, 0.2) is 0 Å². The molecule has 0 aromatic rings. The number of rotatable bonds is 5. The van der Waals surface area contributed by atoms with Crippen molar-refractivity contribution in [3.05, 3.63) is 0 Å². The standard InChI is InChI=1S/C16H34O3Si/c1-13-12-14(19-16(5,6)18-13)10-9-11-17-20(7,8)15(2,3)4/h13-14H,9-12H2,1-8H3/t13-,14-/m1/s1. The van der Waals surface area contributed by atoms with Gasteiger partial charge in [-0.15, -0.1) is 0 Å². The molecule has 0 unspecified atom stereocenters. The zero-order chi connectivity index (χ0) is 15.6. The smallest absolute Gasteiger partial charge is 0.191 e. The van der Waals surface area contributed by atoms with Crippen LogP contribution in [0, 0.1) is 0 Å². The molecule has 1 fully saturated rings. The summed E-state index contributed by atoms with van der Waals surface area (Å²) < 4.78 is 18.0. The molecule has 1 heterocycles. The molecule has 1 saturated heterocycles. The molecule has 0 aromatic heterocycles. The van der Waals surface area contributed by atoms with E-state index in [1.807, 2.05) is 13.8 Å². The molecule has 1 aliphatic rings. The average molecular weight is 303 g/mol. The lowest BCUT2D eigenvalue weighted by Crippen LogP contribution is -2.44. The van der Waals surface area contributed by atoms with Crippen LogP contribution >= 0.6 is 0 Å². The first kappa shape index (κ1) is 18.1. The fourth-order valence-electron chi connectivity index (χ4n) is 2.41. The summed E-state index contributed by atoms with van der Waals surface area (Å²) in [6.07, 6.45) is 3.71. The van der Waals surface area contributed by atoms with E-state index in [1.54, 1.807) is 0 Å². The summed E-state index contributed by atoms with van der Waals surface area (Å²) in [5.41, 5.74) is 0. The highest BCUT2D eigenvalue weighted by molar-refractivity contribution is 6.74. The van der Waals surface area contributed by atoms with Crippen molar-refractivity contribution in [2.45, 2.75) is 96.9 Å². The molecule has 1 rings (SSSR count). The minimum absolute atomic E-state index is 0.282. The molecule has 120 valence electrons. The van der Waals surface area contributed by atoms with Gasteiger partial charge in [0.2, 0.25) is 0 Å². The first-order valence-corrected chi connectivity index (χ1v) is 10.8. The lowest BCUT2D eigenvalue weighted by Gasteiger charge is -2.40. The highest BCUT2D eigenvalue weighted by Gasteiger charge is 2.37. The molecule has 0 N–H and O–H groups in total. The zero-order valence-electron chi connectivity index (χ0n) is 14.7. The van der Waals surface area contributed by atoms with E-state index in [9.17, 15) is 0 Å². The first-order valence-electron chi connectivity index (χ1n) is 7.92. The second kappa shape index (κ2) is 6.47. The van der Waals surface area contributed by atoms with Crippen molar-refractivity contribution in [2.24, 2.45) is 0 Å². The van der Waals surface area contributed by atoms with E-state index in [0.717, 1.165) is 25.9 Å². The van der Waals surface area contributed by atoms with Crippen LogP contribution in [-0.2, 0) is 13.9 Å². The fourth-order valence-corrected chi connectivity index (χ4v) is 3.50. The highest BCUT2D eigenvalue weighted by atomic mass is 28.4. The Morgan fingerprint density at radius 3 is 2.30 bits per heavy atom. The van der Waals surface area contributed by atoms with Gasteiger partial charge in [0.25, 0.3) is 0 Å². The van der Waals surface area contributed by atoms with Gasteiger partial charge in [-0.25, -0.2) is 0 Å². The molecule has 3 nitrogen and oxygen atoms in total. The van der Waals surface area contributed by atoms with Crippen molar-refractivity contribution in [1.82, 2.24) is 0 Å². The van der Waals surface area contributed by atoms with Crippen molar-refractivity contribution in [3.63, 3.8) is 0 Å². The molecule has 0 amide bonds. The van der Waals surface area contributed by atoms with Gasteiger partial charge in [-0.05, 0) is 58.2 Å². The quantitative estimate of drug-likeness (QED) is 0.543. The second-order valence-electron chi connectivity index (χ2n) is 8.05. The summed E-state index contributed by atoms with van der Waals surface area (Å²) in [7, 11) is -1.60. The Kier molecular flexibility index (Phi) is 5.87. The Hall–Kier alpha value is 0.0969. The Morgan fingerprint density at radius 2 is 1.80 bits per heavy atom. The molecular formula is C16H34O3Si. The third-order valence-corrected chi connectivity index (χ3v) is 9.01. The Morgan fingerprint density at radius 1 is 1.20 bits per heavy atom. The Labute approximate surface area is 126 Å². The van der Waals surface area contributed by atoms with Gasteiger partial charge < -0.3 is 13.9 Å². The number of hydrogen-bond acceptors (Lipinski definition) is 3. The molecule has 0 spiro atoms. The normalized spacial score (nSPS) is 27.6. The molecule has 0 bridgehead atoms. The average Bonchev–Trinajstić information content (AvgIpc) is 2.19. The summed E-state index contributed by atoms with van der Waals surface area (Å²) in [5.74, 6) is -0.442. The van der Waals surface area contributed by atoms with Gasteiger partial charge in [0, 0.05) is 6.61 Å². The predicted molar refractivity (Wildman–Crippen MR) is 86.5 cm³/mol. The van der Waals surface area contributed by atoms with Gasteiger partial charge in [0.05, 0.1) is 12.2 Å². The van der Waals surface area contributed by atoms with E-state index in [0.29, 0.717) is 11.1 Å². The molecule has 2 atom stereocenters. The summed E-state index contributed by atoms with van der Waals surface area (Å²) in [4.78, 5) is 0. The van der Waals surface area contributed by atoms with Crippen LogP contribution in [0.4, 0.5) is 0 Å². The van der Waals surface area contributed by atoms with Crippen molar-refractivity contribution >= 4 is 8.32 Å². The van der Waals surface area contributed by atoms with Crippen LogP contribution < -0.4 is 0 Å². The maximum Gasteiger partial charge on any atom is 0.191 e. The zero-order valence-corrected chi connectivity index (χ0v) is 15.7. The molecular weight excluding hydrogens is 268 g/mol. The molecule has 0 saturated carbocycles. The van der Waals surface area contributed by atoms with Crippen LogP contribution in [0.25, 0.3) is 0 Å². The minimum Gasteiger partial charge on any atom is -0.417 e. The third kappa shape index (κ3) is 5.47. The van der Waals surface area contributed by atoms with Gasteiger partial charge in [-0.3, -0.25) is 0 Å². The topological polar surface area (TPSA) is 27.7 Å². The largest absolute Gasteiger partial charge is 0.417 e. The van der Waals surface area contributed by atoms with Crippen molar-refractivity contribution in [3.8, 4) is 0 Å². The lowest BCUT2D eigenvalue weighted by atomic mass is 10.1. The second-order valence-corrected chi connectivity index (χ2v) is 12.9. The summed E-state index contributed by atoms with van der Waals surface area (Å²) in [5, 5.41) is 0.290. The molecule has 4 heteroatoms. The van der Waals surface area contributed by atoms with Crippen LogP contribution in [0.1, 0.15) is 60.8 Å². The van der Waals surface area contributed by atoms with Gasteiger partial charge in [0.1, 0.15) is 0 Å². The number of ether oxygens (including phenoxy) is 2.